The summed E-state index contributed by atoms with van der Waals surface area (Å²) in [4.78, 5) is 15.6. The molecule has 2 aromatic heterocycles. The standard InChI is InChI=1S/C12H18N6S/c1-2-19-8-4-3-7(5-8)16-11-9-10(15-6-14-9)17-12(13)18-11/h6-8H,2-5H2,1H3,(H4,13,14,15,16,17,18). The fraction of sp³-hybridized carbons (Fsp3) is 0.583. The highest BCUT2D eigenvalue weighted by Gasteiger charge is 2.25. The summed E-state index contributed by atoms with van der Waals surface area (Å²) in [6.45, 7) is 2.21. The molecule has 0 saturated heterocycles. The second-order valence-corrected chi connectivity index (χ2v) is 6.34. The number of H-pyrrole nitrogens is 1. The van der Waals surface area contributed by atoms with Crippen LogP contribution in [0.2, 0.25) is 0 Å². The summed E-state index contributed by atoms with van der Waals surface area (Å²) in [5.41, 5.74) is 7.17. The predicted molar refractivity (Wildman–Crippen MR) is 79.3 cm³/mol. The molecule has 2 unspecified atom stereocenters. The van der Waals surface area contributed by atoms with Gasteiger partial charge in [-0.2, -0.15) is 21.7 Å². The first-order valence-electron chi connectivity index (χ1n) is 6.61. The normalized spacial score (nSPS) is 23.0. The number of thioether (sulfide) groups is 1. The van der Waals surface area contributed by atoms with E-state index in [4.69, 9.17) is 5.73 Å². The Hall–Kier alpha value is -1.50. The summed E-state index contributed by atoms with van der Waals surface area (Å²) in [7, 11) is 0. The van der Waals surface area contributed by atoms with E-state index in [9.17, 15) is 0 Å². The molecule has 19 heavy (non-hydrogen) atoms. The number of aromatic amines is 1. The van der Waals surface area contributed by atoms with E-state index in [-0.39, 0.29) is 5.95 Å². The molecule has 6 nitrogen and oxygen atoms in total. The monoisotopic (exact) mass is 278 g/mol. The lowest BCUT2D eigenvalue weighted by molar-refractivity contribution is 0.753. The third-order valence-electron chi connectivity index (χ3n) is 3.43. The molecule has 0 radical (unpaired) electrons. The van der Waals surface area contributed by atoms with E-state index in [1.54, 1.807) is 6.33 Å². The van der Waals surface area contributed by atoms with Crippen LogP contribution in [0.1, 0.15) is 26.2 Å². The fourth-order valence-corrected chi connectivity index (χ4v) is 3.75. The number of anilines is 2. The molecule has 0 spiro atoms. The van der Waals surface area contributed by atoms with Crippen molar-refractivity contribution in [3.05, 3.63) is 6.33 Å². The quantitative estimate of drug-likeness (QED) is 0.792. The average Bonchev–Trinajstić information content (AvgIpc) is 2.98. The zero-order valence-corrected chi connectivity index (χ0v) is 11.7. The van der Waals surface area contributed by atoms with Crippen LogP contribution in [0.5, 0.6) is 0 Å². The van der Waals surface area contributed by atoms with Crippen LogP contribution in [-0.2, 0) is 0 Å². The van der Waals surface area contributed by atoms with E-state index in [2.05, 4.69) is 32.2 Å². The van der Waals surface area contributed by atoms with Crippen LogP contribution in [0.3, 0.4) is 0 Å². The van der Waals surface area contributed by atoms with E-state index in [1.807, 2.05) is 11.8 Å². The Morgan fingerprint density at radius 2 is 2.37 bits per heavy atom. The molecule has 1 aliphatic rings. The molecular formula is C12H18N6S. The molecule has 102 valence electrons. The van der Waals surface area contributed by atoms with Crippen LogP contribution >= 0.6 is 11.8 Å². The molecule has 3 rings (SSSR count). The Labute approximate surface area is 116 Å². The largest absolute Gasteiger partial charge is 0.368 e. The summed E-state index contributed by atoms with van der Waals surface area (Å²) in [5, 5.41) is 4.25. The highest BCUT2D eigenvalue weighted by molar-refractivity contribution is 7.99. The van der Waals surface area contributed by atoms with Crippen molar-refractivity contribution in [3.8, 4) is 0 Å². The van der Waals surface area contributed by atoms with Crippen molar-refractivity contribution in [3.63, 3.8) is 0 Å². The number of nitrogens with zero attached hydrogens (tertiary/aromatic N) is 3. The van der Waals surface area contributed by atoms with Crippen molar-refractivity contribution >= 4 is 34.7 Å². The molecule has 2 heterocycles. The van der Waals surface area contributed by atoms with Crippen molar-refractivity contribution in [1.29, 1.82) is 0 Å². The smallest absolute Gasteiger partial charge is 0.224 e. The lowest BCUT2D eigenvalue weighted by Gasteiger charge is -2.14. The highest BCUT2D eigenvalue weighted by atomic mass is 32.2. The first-order valence-corrected chi connectivity index (χ1v) is 7.66. The van der Waals surface area contributed by atoms with Gasteiger partial charge in [0.05, 0.1) is 6.33 Å². The summed E-state index contributed by atoms with van der Waals surface area (Å²) in [6, 6.07) is 0.463. The van der Waals surface area contributed by atoms with Crippen LogP contribution in [0.4, 0.5) is 11.8 Å². The topological polar surface area (TPSA) is 92.5 Å². The van der Waals surface area contributed by atoms with E-state index >= 15 is 0 Å². The Kier molecular flexibility index (Phi) is 3.46. The molecule has 7 heteroatoms. The van der Waals surface area contributed by atoms with Gasteiger partial charge in [0, 0.05) is 11.3 Å². The van der Waals surface area contributed by atoms with Crippen LogP contribution in [0.15, 0.2) is 6.33 Å². The zero-order chi connectivity index (χ0) is 13.2. The number of nitrogens with two attached hydrogens (primary N) is 1. The Balaban J connectivity index is 1.77. The number of imidazole rings is 1. The number of fused-ring (bicyclic) bond motifs is 1. The van der Waals surface area contributed by atoms with Gasteiger partial charge in [-0.05, 0) is 25.0 Å². The van der Waals surface area contributed by atoms with Gasteiger partial charge in [0.15, 0.2) is 11.5 Å². The van der Waals surface area contributed by atoms with Crippen LogP contribution in [0, 0.1) is 0 Å². The van der Waals surface area contributed by atoms with Gasteiger partial charge in [-0.1, -0.05) is 6.92 Å². The molecule has 1 saturated carbocycles. The Morgan fingerprint density at radius 1 is 1.47 bits per heavy atom. The van der Waals surface area contributed by atoms with Crippen molar-refractivity contribution in [2.75, 3.05) is 16.8 Å². The average molecular weight is 278 g/mol. The summed E-state index contributed by atoms with van der Waals surface area (Å²) >= 11 is 2.04. The number of hydrogen-bond acceptors (Lipinski definition) is 6. The fourth-order valence-electron chi connectivity index (χ4n) is 2.61. The third kappa shape index (κ3) is 2.60. The van der Waals surface area contributed by atoms with E-state index in [0.717, 1.165) is 16.6 Å². The molecule has 0 amide bonds. The summed E-state index contributed by atoms with van der Waals surface area (Å²) in [6.07, 6.45) is 5.24. The lowest BCUT2D eigenvalue weighted by Crippen LogP contribution is -2.18. The molecule has 1 fully saturated rings. The number of aromatic nitrogens is 4. The molecule has 2 atom stereocenters. The maximum atomic E-state index is 5.71. The summed E-state index contributed by atoms with van der Waals surface area (Å²) in [5.74, 6) is 2.22. The van der Waals surface area contributed by atoms with E-state index in [0.29, 0.717) is 11.7 Å². The number of rotatable bonds is 4. The zero-order valence-electron chi connectivity index (χ0n) is 10.9. The minimum absolute atomic E-state index is 0.264. The molecule has 4 N–H and O–H groups in total. The van der Waals surface area contributed by atoms with Crippen molar-refractivity contribution < 1.29 is 0 Å². The molecule has 1 aliphatic carbocycles. The van der Waals surface area contributed by atoms with Crippen molar-refractivity contribution in [1.82, 2.24) is 19.9 Å². The molecule has 0 bridgehead atoms. The minimum atomic E-state index is 0.264. The Morgan fingerprint density at radius 3 is 3.21 bits per heavy atom. The van der Waals surface area contributed by atoms with Gasteiger partial charge in [-0.25, -0.2) is 4.98 Å². The van der Waals surface area contributed by atoms with Crippen LogP contribution < -0.4 is 11.1 Å². The van der Waals surface area contributed by atoms with E-state index < -0.39 is 0 Å². The van der Waals surface area contributed by atoms with Gasteiger partial charge in [0.25, 0.3) is 0 Å². The third-order valence-corrected chi connectivity index (χ3v) is 4.66. The lowest BCUT2D eigenvalue weighted by atomic mass is 10.2. The van der Waals surface area contributed by atoms with Gasteiger partial charge in [0.1, 0.15) is 5.52 Å². The second-order valence-electron chi connectivity index (χ2n) is 4.76. The maximum Gasteiger partial charge on any atom is 0.224 e. The maximum absolute atomic E-state index is 5.71. The molecule has 0 aliphatic heterocycles. The Bertz CT molecular complexity index is 568. The predicted octanol–water partition coefficient (Wildman–Crippen LogP) is 2.02. The second kappa shape index (κ2) is 5.24. The van der Waals surface area contributed by atoms with Crippen LogP contribution in [0.25, 0.3) is 11.2 Å². The molecule has 0 aromatic carbocycles. The number of nitrogens with one attached hydrogen (secondary N) is 2. The van der Waals surface area contributed by atoms with Crippen molar-refractivity contribution in [2.45, 2.75) is 37.5 Å². The minimum Gasteiger partial charge on any atom is -0.368 e. The number of nitrogen functional groups attached to an aromatic ring is 1. The van der Waals surface area contributed by atoms with Gasteiger partial charge < -0.3 is 16.0 Å². The van der Waals surface area contributed by atoms with Gasteiger partial charge in [-0.15, -0.1) is 0 Å². The van der Waals surface area contributed by atoms with Gasteiger partial charge >= 0.3 is 0 Å². The molecular weight excluding hydrogens is 260 g/mol. The first kappa shape index (κ1) is 12.5. The highest BCUT2D eigenvalue weighted by Crippen LogP contribution is 2.32. The van der Waals surface area contributed by atoms with Crippen LogP contribution in [-0.4, -0.2) is 37.0 Å². The molecule has 2 aromatic rings. The van der Waals surface area contributed by atoms with Crippen molar-refractivity contribution in [2.24, 2.45) is 0 Å². The SMILES string of the molecule is CCSC1CCC(Nc2nc(N)nc3nc[nH]c23)C1. The first-order chi connectivity index (χ1) is 9.26. The van der Waals surface area contributed by atoms with Gasteiger partial charge in [0.2, 0.25) is 5.95 Å². The summed E-state index contributed by atoms with van der Waals surface area (Å²) < 4.78 is 0. The number of hydrogen-bond donors (Lipinski definition) is 3. The van der Waals surface area contributed by atoms with Gasteiger partial charge in [-0.3, -0.25) is 0 Å². The van der Waals surface area contributed by atoms with E-state index in [1.165, 1.54) is 25.0 Å².